The lowest BCUT2D eigenvalue weighted by molar-refractivity contribution is 0.561. The van der Waals surface area contributed by atoms with Crippen LogP contribution in [0.2, 0.25) is 5.02 Å². The first-order valence-corrected chi connectivity index (χ1v) is 7.71. The molecule has 1 aromatic heterocycles. The van der Waals surface area contributed by atoms with Crippen LogP contribution in [0.1, 0.15) is 35.4 Å². The van der Waals surface area contributed by atoms with Crippen molar-refractivity contribution in [3.05, 3.63) is 56.2 Å². The van der Waals surface area contributed by atoms with E-state index in [1.807, 2.05) is 19.2 Å². The summed E-state index contributed by atoms with van der Waals surface area (Å²) in [6, 6.07) is 3.29. The predicted molar refractivity (Wildman–Crippen MR) is 80.6 cm³/mol. The molecular formula is C15H16ClF2NS. The summed E-state index contributed by atoms with van der Waals surface area (Å²) >= 11 is 7.80. The van der Waals surface area contributed by atoms with Gasteiger partial charge in [0.2, 0.25) is 0 Å². The zero-order valence-corrected chi connectivity index (χ0v) is 12.9. The van der Waals surface area contributed by atoms with Gasteiger partial charge in [0.05, 0.1) is 11.1 Å². The molecule has 0 saturated carbocycles. The summed E-state index contributed by atoms with van der Waals surface area (Å²) in [5.41, 5.74) is 1.53. The summed E-state index contributed by atoms with van der Waals surface area (Å²) in [6.07, 6.45) is 0.927. The predicted octanol–water partition coefficient (Wildman–Crippen LogP) is 5.08. The van der Waals surface area contributed by atoms with Gasteiger partial charge < -0.3 is 5.32 Å². The average molecular weight is 316 g/mol. The van der Waals surface area contributed by atoms with E-state index in [2.05, 4.69) is 5.32 Å². The van der Waals surface area contributed by atoms with Crippen molar-refractivity contribution in [3.63, 3.8) is 0 Å². The average Bonchev–Trinajstić information content (AvgIpc) is 2.70. The summed E-state index contributed by atoms with van der Waals surface area (Å²) in [5, 5.41) is 5.92. The molecule has 1 unspecified atom stereocenters. The zero-order valence-electron chi connectivity index (χ0n) is 11.3. The highest BCUT2D eigenvalue weighted by Gasteiger charge is 2.20. The Morgan fingerprint density at radius 1 is 1.25 bits per heavy atom. The van der Waals surface area contributed by atoms with E-state index in [1.165, 1.54) is 23.5 Å². The summed E-state index contributed by atoms with van der Waals surface area (Å²) < 4.78 is 26.9. The third-order valence-electron chi connectivity index (χ3n) is 3.00. The molecule has 2 rings (SSSR count). The monoisotopic (exact) mass is 315 g/mol. The molecule has 0 aliphatic rings. The number of thiophene rings is 1. The zero-order chi connectivity index (χ0) is 14.7. The number of hydrogen-bond acceptors (Lipinski definition) is 2. The molecule has 1 N–H and O–H groups in total. The van der Waals surface area contributed by atoms with Crippen LogP contribution in [0.5, 0.6) is 0 Å². The molecule has 2 aromatic rings. The normalized spacial score (nSPS) is 12.7. The second-order valence-corrected chi connectivity index (χ2v) is 5.98. The van der Waals surface area contributed by atoms with Crippen molar-refractivity contribution >= 4 is 22.9 Å². The standard InChI is InChI=1S/C15H16ClF2NS/c1-3-4-19-14(15-13(16)9(2)8-20-15)10-5-11(17)7-12(18)6-10/h5-8,14,19H,3-4H2,1-2H3. The second-order valence-electron chi connectivity index (χ2n) is 4.69. The highest BCUT2D eigenvalue weighted by molar-refractivity contribution is 7.10. The number of nitrogens with one attached hydrogen (secondary N) is 1. The van der Waals surface area contributed by atoms with Gasteiger partial charge >= 0.3 is 0 Å². The molecule has 1 aromatic carbocycles. The van der Waals surface area contributed by atoms with Gasteiger partial charge in [-0.2, -0.15) is 0 Å². The Balaban J connectivity index is 2.44. The van der Waals surface area contributed by atoms with Crippen LogP contribution in [0.25, 0.3) is 0 Å². The molecule has 0 aliphatic carbocycles. The molecule has 0 bridgehead atoms. The molecule has 108 valence electrons. The van der Waals surface area contributed by atoms with Crippen molar-refractivity contribution in [2.45, 2.75) is 26.3 Å². The SMILES string of the molecule is CCCNC(c1cc(F)cc(F)c1)c1scc(C)c1Cl. The maximum atomic E-state index is 13.4. The fourth-order valence-electron chi connectivity index (χ4n) is 2.04. The quantitative estimate of drug-likeness (QED) is 0.811. The fraction of sp³-hybridized carbons (Fsp3) is 0.333. The number of benzene rings is 1. The van der Waals surface area contributed by atoms with E-state index < -0.39 is 11.6 Å². The lowest BCUT2D eigenvalue weighted by Gasteiger charge is -2.18. The summed E-state index contributed by atoms with van der Waals surface area (Å²) in [6.45, 7) is 4.71. The molecule has 0 saturated heterocycles. The van der Waals surface area contributed by atoms with E-state index in [9.17, 15) is 8.78 Å². The lowest BCUT2D eigenvalue weighted by Crippen LogP contribution is -2.23. The number of aryl methyl sites for hydroxylation is 1. The van der Waals surface area contributed by atoms with E-state index in [1.54, 1.807) is 0 Å². The molecule has 0 spiro atoms. The van der Waals surface area contributed by atoms with Gasteiger partial charge in [-0.25, -0.2) is 8.78 Å². The van der Waals surface area contributed by atoms with Crippen molar-refractivity contribution in [2.24, 2.45) is 0 Å². The molecular weight excluding hydrogens is 300 g/mol. The van der Waals surface area contributed by atoms with E-state index in [0.717, 1.165) is 29.5 Å². The first-order chi connectivity index (χ1) is 9.52. The Kier molecular flexibility index (Phi) is 5.13. The van der Waals surface area contributed by atoms with Gasteiger partial charge in [0.1, 0.15) is 11.6 Å². The van der Waals surface area contributed by atoms with Gasteiger partial charge in [0.25, 0.3) is 0 Å². The summed E-state index contributed by atoms with van der Waals surface area (Å²) in [7, 11) is 0. The Morgan fingerprint density at radius 3 is 2.40 bits per heavy atom. The smallest absolute Gasteiger partial charge is 0.126 e. The van der Waals surface area contributed by atoms with Crippen molar-refractivity contribution in [1.29, 1.82) is 0 Å². The fourth-order valence-corrected chi connectivity index (χ4v) is 3.44. The molecule has 0 amide bonds. The van der Waals surface area contributed by atoms with E-state index in [0.29, 0.717) is 10.6 Å². The van der Waals surface area contributed by atoms with Crippen LogP contribution in [0, 0.1) is 18.6 Å². The van der Waals surface area contributed by atoms with Crippen LogP contribution in [0.15, 0.2) is 23.6 Å². The summed E-state index contributed by atoms with van der Waals surface area (Å²) in [5.74, 6) is -1.15. The number of rotatable bonds is 5. The molecule has 0 aliphatic heterocycles. The van der Waals surface area contributed by atoms with Gasteiger partial charge in [-0.3, -0.25) is 0 Å². The van der Waals surface area contributed by atoms with Crippen molar-refractivity contribution < 1.29 is 8.78 Å². The van der Waals surface area contributed by atoms with Gasteiger partial charge in [-0.1, -0.05) is 18.5 Å². The van der Waals surface area contributed by atoms with Crippen LogP contribution in [0.3, 0.4) is 0 Å². The molecule has 20 heavy (non-hydrogen) atoms. The molecule has 0 fully saturated rings. The highest BCUT2D eigenvalue weighted by Crippen LogP contribution is 2.36. The first kappa shape index (κ1) is 15.4. The largest absolute Gasteiger partial charge is 0.306 e. The van der Waals surface area contributed by atoms with Gasteiger partial charge in [-0.05, 0) is 48.5 Å². The second kappa shape index (κ2) is 6.66. The number of hydrogen-bond donors (Lipinski definition) is 1. The lowest BCUT2D eigenvalue weighted by atomic mass is 10.0. The minimum atomic E-state index is -0.576. The third-order valence-corrected chi connectivity index (χ3v) is 4.78. The van der Waals surface area contributed by atoms with Crippen molar-refractivity contribution in [1.82, 2.24) is 5.32 Å². The molecule has 0 radical (unpaired) electrons. The van der Waals surface area contributed by atoms with E-state index >= 15 is 0 Å². The first-order valence-electron chi connectivity index (χ1n) is 6.45. The van der Waals surface area contributed by atoms with Crippen LogP contribution in [-0.4, -0.2) is 6.54 Å². The highest BCUT2D eigenvalue weighted by atomic mass is 35.5. The van der Waals surface area contributed by atoms with Crippen LogP contribution < -0.4 is 5.32 Å². The van der Waals surface area contributed by atoms with Gasteiger partial charge in [0.15, 0.2) is 0 Å². The third kappa shape index (κ3) is 3.37. The van der Waals surface area contributed by atoms with Crippen LogP contribution in [-0.2, 0) is 0 Å². The Labute approximate surface area is 126 Å². The topological polar surface area (TPSA) is 12.0 Å². The summed E-state index contributed by atoms with van der Waals surface area (Å²) in [4.78, 5) is 0.891. The van der Waals surface area contributed by atoms with Crippen LogP contribution in [0.4, 0.5) is 8.78 Å². The molecule has 1 nitrogen and oxygen atoms in total. The van der Waals surface area contributed by atoms with Crippen molar-refractivity contribution in [3.8, 4) is 0 Å². The van der Waals surface area contributed by atoms with Gasteiger partial charge in [-0.15, -0.1) is 11.3 Å². The van der Waals surface area contributed by atoms with E-state index in [-0.39, 0.29) is 6.04 Å². The molecule has 5 heteroatoms. The molecule has 1 heterocycles. The maximum absolute atomic E-state index is 13.4. The molecule has 1 atom stereocenters. The van der Waals surface area contributed by atoms with Crippen LogP contribution >= 0.6 is 22.9 Å². The Morgan fingerprint density at radius 2 is 1.90 bits per heavy atom. The maximum Gasteiger partial charge on any atom is 0.126 e. The van der Waals surface area contributed by atoms with E-state index in [4.69, 9.17) is 11.6 Å². The Bertz CT molecular complexity index is 577. The van der Waals surface area contributed by atoms with Gasteiger partial charge in [0, 0.05) is 10.9 Å². The Hall–Kier alpha value is -0.970. The minimum Gasteiger partial charge on any atom is -0.306 e. The van der Waals surface area contributed by atoms with Crippen molar-refractivity contribution in [2.75, 3.05) is 6.54 Å². The minimum absolute atomic E-state index is 0.286. The number of halogens is 3.